The SMILES string of the molecule is COc1ccc(C(C)N2Cc3ccc(-c4noc(C(F)(F)F)n4)cc3C2=O)cc1. The summed E-state index contributed by atoms with van der Waals surface area (Å²) in [6.07, 6.45) is -4.72. The van der Waals surface area contributed by atoms with Gasteiger partial charge in [0, 0.05) is 17.7 Å². The standard InChI is InChI=1S/C20H16F3N3O3/c1-11(12-5-7-15(28-2)8-6-12)26-10-14-4-3-13(9-16(14)18(26)27)17-24-19(29-25-17)20(21,22)23/h3-9,11H,10H2,1-2H3. The normalized spacial score (nSPS) is 14.8. The lowest BCUT2D eigenvalue weighted by Gasteiger charge is -2.24. The maximum atomic E-state index is 12.9. The van der Waals surface area contributed by atoms with Gasteiger partial charge in [-0.3, -0.25) is 4.79 Å². The molecule has 3 aromatic rings. The fraction of sp³-hybridized carbons (Fsp3) is 0.250. The molecule has 1 amide bonds. The number of hydrogen-bond acceptors (Lipinski definition) is 5. The van der Waals surface area contributed by atoms with E-state index in [1.807, 2.05) is 31.2 Å². The number of methoxy groups -OCH3 is 1. The van der Waals surface area contributed by atoms with Crippen molar-refractivity contribution >= 4 is 5.91 Å². The summed E-state index contributed by atoms with van der Waals surface area (Å²) in [7, 11) is 1.58. The highest BCUT2D eigenvalue weighted by atomic mass is 19.4. The van der Waals surface area contributed by atoms with E-state index in [0.717, 1.165) is 16.9 Å². The number of carbonyl (C=O) groups is 1. The minimum atomic E-state index is -4.72. The monoisotopic (exact) mass is 403 g/mol. The lowest BCUT2D eigenvalue weighted by molar-refractivity contribution is -0.159. The van der Waals surface area contributed by atoms with E-state index in [4.69, 9.17) is 4.74 Å². The maximum Gasteiger partial charge on any atom is 0.471 e. The van der Waals surface area contributed by atoms with Crippen LogP contribution in [0.15, 0.2) is 47.0 Å². The molecule has 29 heavy (non-hydrogen) atoms. The zero-order valence-corrected chi connectivity index (χ0v) is 15.5. The van der Waals surface area contributed by atoms with Crippen molar-refractivity contribution in [2.75, 3.05) is 7.11 Å². The predicted octanol–water partition coefficient (Wildman–Crippen LogP) is 4.48. The van der Waals surface area contributed by atoms with Crippen LogP contribution in [-0.2, 0) is 12.7 Å². The molecule has 1 aromatic heterocycles. The molecule has 0 bridgehead atoms. The summed E-state index contributed by atoms with van der Waals surface area (Å²) >= 11 is 0. The molecule has 150 valence electrons. The Morgan fingerprint density at radius 2 is 1.90 bits per heavy atom. The highest BCUT2D eigenvalue weighted by Gasteiger charge is 2.39. The fourth-order valence-corrected chi connectivity index (χ4v) is 3.29. The first-order chi connectivity index (χ1) is 13.8. The molecule has 0 aliphatic carbocycles. The van der Waals surface area contributed by atoms with Crippen molar-refractivity contribution in [2.24, 2.45) is 0 Å². The number of fused-ring (bicyclic) bond motifs is 1. The van der Waals surface area contributed by atoms with Crippen LogP contribution in [0.5, 0.6) is 5.75 Å². The average molecular weight is 403 g/mol. The summed E-state index contributed by atoms with van der Waals surface area (Å²) in [4.78, 5) is 18.0. The number of hydrogen-bond donors (Lipinski definition) is 0. The van der Waals surface area contributed by atoms with E-state index in [1.165, 1.54) is 6.07 Å². The van der Waals surface area contributed by atoms with Gasteiger partial charge < -0.3 is 14.2 Å². The Hall–Kier alpha value is -3.36. The molecular formula is C20H16F3N3O3. The average Bonchev–Trinajstić information content (AvgIpc) is 3.33. The molecule has 0 fully saturated rings. The molecule has 1 aliphatic heterocycles. The molecule has 2 heterocycles. The number of halogens is 3. The van der Waals surface area contributed by atoms with E-state index in [2.05, 4.69) is 14.7 Å². The zero-order valence-electron chi connectivity index (χ0n) is 15.5. The van der Waals surface area contributed by atoms with Crippen LogP contribution in [0.25, 0.3) is 11.4 Å². The molecule has 0 radical (unpaired) electrons. The first-order valence-electron chi connectivity index (χ1n) is 8.77. The minimum absolute atomic E-state index is 0.189. The van der Waals surface area contributed by atoms with Crippen LogP contribution in [-0.4, -0.2) is 28.1 Å². The van der Waals surface area contributed by atoms with Gasteiger partial charge in [-0.2, -0.15) is 18.2 Å². The van der Waals surface area contributed by atoms with Gasteiger partial charge in [-0.05, 0) is 36.2 Å². The molecule has 1 atom stereocenters. The van der Waals surface area contributed by atoms with Crippen molar-refractivity contribution in [3.63, 3.8) is 0 Å². The van der Waals surface area contributed by atoms with E-state index >= 15 is 0 Å². The molecule has 0 saturated heterocycles. The fourth-order valence-electron chi connectivity index (χ4n) is 3.29. The van der Waals surface area contributed by atoms with Crippen molar-refractivity contribution in [1.82, 2.24) is 15.0 Å². The third-order valence-corrected chi connectivity index (χ3v) is 4.93. The van der Waals surface area contributed by atoms with Gasteiger partial charge in [0.05, 0.1) is 13.2 Å². The second kappa shape index (κ2) is 6.91. The Kier molecular flexibility index (Phi) is 4.52. The molecule has 2 aromatic carbocycles. The summed E-state index contributed by atoms with van der Waals surface area (Å²) in [5.41, 5.74) is 2.44. The molecule has 0 saturated carbocycles. The quantitative estimate of drug-likeness (QED) is 0.643. The lowest BCUT2D eigenvalue weighted by Crippen LogP contribution is -2.27. The molecule has 6 nitrogen and oxygen atoms in total. The van der Waals surface area contributed by atoms with Crippen molar-refractivity contribution in [3.8, 4) is 17.1 Å². The third kappa shape index (κ3) is 3.43. The number of amides is 1. The Balaban J connectivity index is 1.59. The van der Waals surface area contributed by atoms with Crippen LogP contribution in [0.2, 0.25) is 0 Å². The van der Waals surface area contributed by atoms with Crippen LogP contribution in [0, 0.1) is 0 Å². The lowest BCUT2D eigenvalue weighted by atomic mass is 10.1. The Morgan fingerprint density at radius 1 is 1.17 bits per heavy atom. The second-order valence-corrected chi connectivity index (χ2v) is 6.68. The van der Waals surface area contributed by atoms with Crippen molar-refractivity contribution in [2.45, 2.75) is 25.7 Å². The number of alkyl halides is 3. The molecule has 4 rings (SSSR count). The highest BCUT2D eigenvalue weighted by molar-refractivity contribution is 5.99. The van der Waals surface area contributed by atoms with Gasteiger partial charge in [0.25, 0.3) is 5.91 Å². The molecule has 0 N–H and O–H groups in total. The number of carbonyl (C=O) groups excluding carboxylic acids is 1. The van der Waals surface area contributed by atoms with E-state index < -0.39 is 12.1 Å². The summed E-state index contributed by atoms with van der Waals surface area (Å²) < 4.78 is 47.5. The summed E-state index contributed by atoms with van der Waals surface area (Å²) in [5.74, 6) is -1.12. The molecule has 1 aliphatic rings. The Morgan fingerprint density at radius 3 is 2.52 bits per heavy atom. The number of rotatable bonds is 4. The van der Waals surface area contributed by atoms with Gasteiger partial charge in [0.1, 0.15) is 5.75 Å². The number of benzene rings is 2. The van der Waals surface area contributed by atoms with Gasteiger partial charge >= 0.3 is 12.1 Å². The molecule has 0 spiro atoms. The molecule has 9 heteroatoms. The van der Waals surface area contributed by atoms with Crippen molar-refractivity contribution in [3.05, 3.63) is 65.0 Å². The van der Waals surface area contributed by atoms with Crippen LogP contribution < -0.4 is 4.74 Å². The van der Waals surface area contributed by atoms with E-state index in [0.29, 0.717) is 12.1 Å². The third-order valence-electron chi connectivity index (χ3n) is 4.93. The number of nitrogens with zero attached hydrogens (tertiary/aromatic N) is 3. The predicted molar refractivity (Wildman–Crippen MR) is 96.0 cm³/mol. The van der Waals surface area contributed by atoms with E-state index in [9.17, 15) is 18.0 Å². The summed E-state index contributed by atoms with van der Waals surface area (Å²) in [6, 6.07) is 12.0. The first-order valence-corrected chi connectivity index (χ1v) is 8.77. The van der Waals surface area contributed by atoms with Crippen LogP contribution in [0.4, 0.5) is 13.2 Å². The van der Waals surface area contributed by atoms with Crippen LogP contribution in [0.1, 0.15) is 40.3 Å². The van der Waals surface area contributed by atoms with E-state index in [1.54, 1.807) is 24.1 Å². The first kappa shape index (κ1) is 19.0. The topological polar surface area (TPSA) is 68.5 Å². The molecular weight excluding hydrogens is 387 g/mol. The van der Waals surface area contributed by atoms with E-state index in [-0.39, 0.29) is 23.3 Å². The summed E-state index contributed by atoms with van der Waals surface area (Å²) in [6.45, 7) is 2.32. The highest BCUT2D eigenvalue weighted by Crippen LogP contribution is 2.34. The number of ether oxygens (including phenoxy) is 1. The largest absolute Gasteiger partial charge is 0.497 e. The van der Waals surface area contributed by atoms with Gasteiger partial charge in [0.15, 0.2) is 0 Å². The maximum absolute atomic E-state index is 12.9. The number of aromatic nitrogens is 2. The van der Waals surface area contributed by atoms with Crippen LogP contribution >= 0.6 is 0 Å². The second-order valence-electron chi connectivity index (χ2n) is 6.68. The van der Waals surface area contributed by atoms with Crippen molar-refractivity contribution in [1.29, 1.82) is 0 Å². The summed E-state index contributed by atoms with van der Waals surface area (Å²) in [5, 5.41) is 3.38. The van der Waals surface area contributed by atoms with Gasteiger partial charge in [-0.15, -0.1) is 0 Å². The Labute approximate surface area is 163 Å². The van der Waals surface area contributed by atoms with Gasteiger partial charge in [0.2, 0.25) is 5.82 Å². The molecule has 1 unspecified atom stereocenters. The van der Waals surface area contributed by atoms with Gasteiger partial charge in [-0.1, -0.05) is 29.4 Å². The smallest absolute Gasteiger partial charge is 0.471 e. The zero-order chi connectivity index (χ0) is 20.8. The minimum Gasteiger partial charge on any atom is -0.497 e. The Bertz CT molecular complexity index is 1060. The van der Waals surface area contributed by atoms with Crippen LogP contribution in [0.3, 0.4) is 0 Å². The van der Waals surface area contributed by atoms with Gasteiger partial charge in [-0.25, -0.2) is 0 Å². The van der Waals surface area contributed by atoms with Crippen molar-refractivity contribution < 1.29 is 27.2 Å².